The van der Waals surface area contributed by atoms with Crippen LogP contribution in [0, 0.1) is 0 Å². The number of amidine groups is 1. The van der Waals surface area contributed by atoms with Crippen LogP contribution in [0.3, 0.4) is 0 Å². The van der Waals surface area contributed by atoms with E-state index in [0.717, 1.165) is 5.56 Å². The molecule has 0 atom stereocenters. The van der Waals surface area contributed by atoms with Gasteiger partial charge in [0.25, 0.3) is 0 Å². The van der Waals surface area contributed by atoms with Gasteiger partial charge in [-0.3, -0.25) is 0 Å². The first-order chi connectivity index (χ1) is 7.34. The van der Waals surface area contributed by atoms with Gasteiger partial charge in [0.05, 0.1) is 0 Å². The molecule has 0 radical (unpaired) electrons. The van der Waals surface area contributed by atoms with Crippen LogP contribution >= 0.6 is 11.3 Å². The molecule has 0 amide bonds. The van der Waals surface area contributed by atoms with Crippen LogP contribution in [0.1, 0.15) is 5.56 Å². The van der Waals surface area contributed by atoms with E-state index in [0.29, 0.717) is 17.4 Å². The van der Waals surface area contributed by atoms with Gasteiger partial charge in [-0.25, -0.2) is 4.99 Å². The minimum absolute atomic E-state index is 0.554. The Bertz CT molecular complexity index is 436. The first-order valence-electron chi connectivity index (χ1n) is 4.48. The molecule has 4 nitrogen and oxygen atoms in total. The van der Waals surface area contributed by atoms with E-state index >= 15 is 0 Å². The molecule has 1 aromatic heterocycles. The number of benzene rings is 1. The predicted molar refractivity (Wildman–Crippen MR) is 61.3 cm³/mol. The Morgan fingerprint density at radius 2 is 2.13 bits per heavy atom. The smallest absolute Gasteiger partial charge is 0.233 e. The number of rotatable bonds is 3. The summed E-state index contributed by atoms with van der Waals surface area (Å²) in [6.07, 6.45) is 0.639. The highest BCUT2D eigenvalue weighted by molar-refractivity contribution is 7.13. The standard InChI is InChI=1S/C10H10N4S/c11-9(13-10-14-12-7-15-10)6-8-4-2-1-3-5-8/h1-5,7H,6H2,(H2,11,13,14). The Morgan fingerprint density at radius 3 is 2.80 bits per heavy atom. The molecule has 5 heteroatoms. The molecule has 0 unspecified atom stereocenters. The second-order valence-corrected chi connectivity index (χ2v) is 3.80. The fraction of sp³-hybridized carbons (Fsp3) is 0.100. The molecule has 2 N–H and O–H groups in total. The Labute approximate surface area is 91.5 Å². The molecule has 0 spiro atoms. The molecular weight excluding hydrogens is 208 g/mol. The van der Waals surface area contributed by atoms with Crippen LogP contribution in [0.2, 0.25) is 0 Å². The van der Waals surface area contributed by atoms with E-state index in [2.05, 4.69) is 15.2 Å². The average molecular weight is 218 g/mol. The van der Waals surface area contributed by atoms with Crippen molar-refractivity contribution in [3.8, 4) is 0 Å². The lowest BCUT2D eigenvalue weighted by Gasteiger charge is -1.98. The Morgan fingerprint density at radius 1 is 1.33 bits per heavy atom. The van der Waals surface area contributed by atoms with Crippen molar-refractivity contribution in [3.63, 3.8) is 0 Å². The van der Waals surface area contributed by atoms with Crippen LogP contribution in [0.25, 0.3) is 0 Å². The van der Waals surface area contributed by atoms with Gasteiger partial charge in [-0.2, -0.15) is 0 Å². The zero-order chi connectivity index (χ0) is 10.5. The highest BCUT2D eigenvalue weighted by Crippen LogP contribution is 2.12. The molecule has 15 heavy (non-hydrogen) atoms. The monoisotopic (exact) mass is 218 g/mol. The number of aromatic nitrogens is 2. The topological polar surface area (TPSA) is 64.2 Å². The molecule has 0 aliphatic rings. The number of hydrogen-bond donors (Lipinski definition) is 1. The third-order valence-electron chi connectivity index (χ3n) is 1.82. The van der Waals surface area contributed by atoms with Gasteiger partial charge in [0.15, 0.2) is 0 Å². The van der Waals surface area contributed by atoms with E-state index in [9.17, 15) is 0 Å². The van der Waals surface area contributed by atoms with E-state index < -0.39 is 0 Å². The van der Waals surface area contributed by atoms with Crippen molar-refractivity contribution in [1.29, 1.82) is 0 Å². The SMILES string of the molecule is N/C(Cc1ccccc1)=N\c1nncs1. The molecule has 2 rings (SSSR count). The van der Waals surface area contributed by atoms with Crippen LogP contribution < -0.4 is 5.73 Å². The average Bonchev–Trinajstić information content (AvgIpc) is 2.71. The summed E-state index contributed by atoms with van der Waals surface area (Å²) < 4.78 is 0. The Kier molecular flexibility index (Phi) is 3.04. The summed E-state index contributed by atoms with van der Waals surface area (Å²) in [5.74, 6) is 0.554. The zero-order valence-electron chi connectivity index (χ0n) is 8.00. The van der Waals surface area contributed by atoms with Crippen molar-refractivity contribution < 1.29 is 0 Å². The second kappa shape index (κ2) is 4.65. The molecule has 0 fully saturated rings. The number of aliphatic imine (C=N–C) groups is 1. The van der Waals surface area contributed by atoms with E-state index in [1.54, 1.807) is 5.51 Å². The minimum atomic E-state index is 0.554. The summed E-state index contributed by atoms with van der Waals surface area (Å²) in [6, 6.07) is 9.97. The highest BCUT2D eigenvalue weighted by atomic mass is 32.1. The van der Waals surface area contributed by atoms with Gasteiger partial charge >= 0.3 is 0 Å². The summed E-state index contributed by atoms with van der Waals surface area (Å²) in [5.41, 5.74) is 8.56. The summed E-state index contributed by atoms with van der Waals surface area (Å²) in [5, 5.41) is 8.09. The van der Waals surface area contributed by atoms with Crippen molar-refractivity contribution >= 4 is 22.3 Å². The van der Waals surface area contributed by atoms with Gasteiger partial charge in [-0.1, -0.05) is 41.7 Å². The van der Waals surface area contributed by atoms with E-state index in [1.165, 1.54) is 11.3 Å². The molecule has 0 saturated heterocycles. The quantitative estimate of drug-likeness (QED) is 0.630. The van der Waals surface area contributed by atoms with Gasteiger partial charge in [-0.15, -0.1) is 10.2 Å². The molecule has 2 aromatic rings. The molecule has 0 aliphatic carbocycles. The third-order valence-corrected chi connectivity index (χ3v) is 2.40. The summed E-state index contributed by atoms with van der Waals surface area (Å²) in [6.45, 7) is 0. The first-order valence-corrected chi connectivity index (χ1v) is 5.35. The lowest BCUT2D eigenvalue weighted by molar-refractivity contribution is 1.08. The summed E-state index contributed by atoms with van der Waals surface area (Å²) in [7, 11) is 0. The fourth-order valence-corrected chi connectivity index (χ4v) is 1.64. The Hall–Kier alpha value is -1.75. The fourth-order valence-electron chi connectivity index (χ4n) is 1.18. The number of nitrogens with zero attached hydrogens (tertiary/aromatic N) is 3. The Balaban J connectivity index is 2.07. The summed E-state index contributed by atoms with van der Waals surface area (Å²) >= 11 is 1.37. The second-order valence-electron chi connectivity index (χ2n) is 2.99. The molecule has 0 aliphatic heterocycles. The van der Waals surface area contributed by atoms with Gasteiger partial charge in [0.2, 0.25) is 5.13 Å². The molecular formula is C10H10N4S. The first kappa shape index (κ1) is 9.79. The van der Waals surface area contributed by atoms with E-state index in [1.807, 2.05) is 30.3 Å². The van der Waals surface area contributed by atoms with Crippen LogP contribution in [0.4, 0.5) is 5.13 Å². The van der Waals surface area contributed by atoms with Gasteiger partial charge in [-0.05, 0) is 5.56 Å². The molecule has 1 heterocycles. The van der Waals surface area contributed by atoms with Gasteiger partial charge in [0, 0.05) is 6.42 Å². The van der Waals surface area contributed by atoms with Crippen molar-refractivity contribution in [3.05, 3.63) is 41.4 Å². The van der Waals surface area contributed by atoms with Crippen molar-refractivity contribution in [2.75, 3.05) is 0 Å². The number of nitrogens with two attached hydrogens (primary N) is 1. The highest BCUT2D eigenvalue weighted by Gasteiger charge is 1.98. The molecule has 1 aromatic carbocycles. The van der Waals surface area contributed by atoms with Crippen LogP contribution in [-0.4, -0.2) is 16.0 Å². The third kappa shape index (κ3) is 2.85. The van der Waals surface area contributed by atoms with E-state index in [-0.39, 0.29) is 0 Å². The minimum Gasteiger partial charge on any atom is -0.387 e. The maximum atomic E-state index is 5.79. The van der Waals surface area contributed by atoms with Gasteiger partial charge < -0.3 is 5.73 Å². The molecule has 0 saturated carbocycles. The predicted octanol–water partition coefficient (Wildman–Crippen LogP) is 1.77. The number of hydrogen-bond acceptors (Lipinski definition) is 4. The van der Waals surface area contributed by atoms with E-state index in [4.69, 9.17) is 5.73 Å². The van der Waals surface area contributed by atoms with Gasteiger partial charge in [0.1, 0.15) is 11.3 Å². The van der Waals surface area contributed by atoms with Crippen molar-refractivity contribution in [2.45, 2.75) is 6.42 Å². The summed E-state index contributed by atoms with van der Waals surface area (Å²) in [4.78, 5) is 4.15. The van der Waals surface area contributed by atoms with Crippen LogP contribution in [0.15, 0.2) is 40.8 Å². The van der Waals surface area contributed by atoms with Crippen molar-refractivity contribution in [1.82, 2.24) is 10.2 Å². The van der Waals surface area contributed by atoms with Crippen molar-refractivity contribution in [2.24, 2.45) is 10.7 Å². The van der Waals surface area contributed by atoms with Crippen LogP contribution in [-0.2, 0) is 6.42 Å². The largest absolute Gasteiger partial charge is 0.387 e. The molecule has 0 bridgehead atoms. The molecule has 76 valence electrons. The maximum absolute atomic E-state index is 5.79. The lowest BCUT2D eigenvalue weighted by Crippen LogP contribution is -2.14. The maximum Gasteiger partial charge on any atom is 0.233 e. The van der Waals surface area contributed by atoms with Crippen LogP contribution in [0.5, 0.6) is 0 Å². The normalized spacial score (nSPS) is 11.6. The zero-order valence-corrected chi connectivity index (χ0v) is 8.81. The lowest BCUT2D eigenvalue weighted by atomic mass is 10.1.